The number of aryl methyl sites for hydroxylation is 1. The zero-order valence-electron chi connectivity index (χ0n) is 21.8. The number of para-hydroxylation sites is 1. The first-order valence-corrected chi connectivity index (χ1v) is 12.6. The Labute approximate surface area is 221 Å². The average Bonchev–Trinajstić information content (AvgIpc) is 3.30. The molecule has 0 fully saturated rings. The molecule has 4 rings (SSSR count). The Bertz CT molecular complexity index is 1420. The molecule has 0 atom stereocenters. The number of nitrogens with zero attached hydrogens (tertiary/aromatic N) is 2. The van der Waals surface area contributed by atoms with Crippen molar-refractivity contribution in [2.75, 3.05) is 18.4 Å². The number of anilines is 1. The van der Waals surface area contributed by atoms with E-state index in [2.05, 4.69) is 10.3 Å². The number of amides is 3. The maximum absolute atomic E-state index is 14.1. The first kappa shape index (κ1) is 26.9. The third-order valence-electron chi connectivity index (χ3n) is 6.54. The minimum Gasteiger partial charge on any atom is -0.361 e. The molecule has 198 valence electrons. The number of halogens is 2. The van der Waals surface area contributed by atoms with E-state index < -0.39 is 17.7 Å². The van der Waals surface area contributed by atoms with Gasteiger partial charge < -0.3 is 20.1 Å². The van der Waals surface area contributed by atoms with E-state index in [-0.39, 0.29) is 24.2 Å². The first-order chi connectivity index (χ1) is 18.2. The van der Waals surface area contributed by atoms with E-state index in [1.165, 1.54) is 4.90 Å². The zero-order valence-corrected chi connectivity index (χ0v) is 21.8. The molecular weight excluding hydrogens is 486 g/mol. The molecule has 0 spiro atoms. The van der Waals surface area contributed by atoms with Crippen LogP contribution >= 0.6 is 0 Å². The van der Waals surface area contributed by atoms with E-state index >= 15 is 0 Å². The second-order valence-corrected chi connectivity index (χ2v) is 9.69. The molecule has 0 bridgehead atoms. The predicted octanol–water partition coefficient (Wildman–Crippen LogP) is 6.27. The van der Waals surface area contributed by atoms with Crippen LogP contribution in [0.25, 0.3) is 10.9 Å². The van der Waals surface area contributed by atoms with Crippen LogP contribution < -0.4 is 5.32 Å². The van der Waals surface area contributed by atoms with Gasteiger partial charge >= 0.3 is 6.03 Å². The fourth-order valence-corrected chi connectivity index (χ4v) is 4.31. The van der Waals surface area contributed by atoms with Gasteiger partial charge in [-0.3, -0.25) is 4.79 Å². The molecule has 0 saturated carbocycles. The van der Waals surface area contributed by atoms with Crippen LogP contribution in [0.1, 0.15) is 30.5 Å². The van der Waals surface area contributed by atoms with Crippen molar-refractivity contribution in [3.8, 4) is 0 Å². The number of carbonyl (C=O) groups is 2. The second-order valence-electron chi connectivity index (χ2n) is 9.69. The Morgan fingerprint density at radius 1 is 1.00 bits per heavy atom. The van der Waals surface area contributed by atoms with Gasteiger partial charge in [0.2, 0.25) is 5.91 Å². The summed E-state index contributed by atoms with van der Waals surface area (Å²) in [5.74, 6) is -1.85. The molecule has 0 radical (unpaired) electrons. The minimum atomic E-state index is -0.881. The summed E-state index contributed by atoms with van der Waals surface area (Å²) in [4.78, 5) is 33.0. The number of rotatable bonds is 9. The summed E-state index contributed by atoms with van der Waals surface area (Å²) in [6.07, 6.45) is 2.60. The van der Waals surface area contributed by atoms with Gasteiger partial charge in [0.15, 0.2) is 0 Å². The van der Waals surface area contributed by atoms with Crippen molar-refractivity contribution in [2.24, 2.45) is 0 Å². The number of urea groups is 1. The van der Waals surface area contributed by atoms with Crippen LogP contribution in [0.15, 0.2) is 72.9 Å². The summed E-state index contributed by atoms with van der Waals surface area (Å²) >= 11 is 0. The Morgan fingerprint density at radius 2 is 1.74 bits per heavy atom. The molecule has 2 N–H and O–H groups in total. The van der Waals surface area contributed by atoms with Gasteiger partial charge in [0, 0.05) is 42.3 Å². The summed E-state index contributed by atoms with van der Waals surface area (Å²) in [5, 5.41) is 3.57. The standard InChI is InChI=1S/C30H32F2N4O2/c1-20(2)36(30(38)34-28-13-12-24(31)16-26(28)32)19-29(37)35(18-22-10-8-21(3)9-11-22)15-14-23-17-33-27-7-5-4-6-25(23)27/h4-13,16-17,20,33H,14-15,18-19H2,1-3H3,(H,34,38). The number of carbonyl (C=O) groups excluding carboxylic acids is 2. The van der Waals surface area contributed by atoms with Crippen molar-refractivity contribution < 1.29 is 18.4 Å². The van der Waals surface area contributed by atoms with Crippen molar-refractivity contribution in [1.82, 2.24) is 14.8 Å². The smallest absolute Gasteiger partial charge is 0.322 e. The van der Waals surface area contributed by atoms with Crippen molar-refractivity contribution in [3.05, 3.63) is 101 Å². The molecule has 0 saturated heterocycles. The number of benzene rings is 3. The highest BCUT2D eigenvalue weighted by Crippen LogP contribution is 2.20. The van der Waals surface area contributed by atoms with Crippen LogP contribution in [0, 0.1) is 18.6 Å². The second kappa shape index (κ2) is 11.9. The predicted molar refractivity (Wildman–Crippen MR) is 146 cm³/mol. The van der Waals surface area contributed by atoms with E-state index in [4.69, 9.17) is 0 Å². The molecule has 0 aliphatic heterocycles. The van der Waals surface area contributed by atoms with E-state index in [0.29, 0.717) is 25.6 Å². The summed E-state index contributed by atoms with van der Waals surface area (Å²) in [6.45, 7) is 6.23. The van der Waals surface area contributed by atoms with Gasteiger partial charge in [-0.15, -0.1) is 0 Å². The molecule has 0 aliphatic rings. The minimum absolute atomic E-state index is 0.148. The molecule has 38 heavy (non-hydrogen) atoms. The lowest BCUT2D eigenvalue weighted by molar-refractivity contribution is -0.132. The number of nitrogens with one attached hydrogen (secondary N) is 2. The normalized spacial score (nSPS) is 11.1. The zero-order chi connectivity index (χ0) is 27.2. The highest BCUT2D eigenvalue weighted by atomic mass is 19.1. The third-order valence-corrected chi connectivity index (χ3v) is 6.54. The van der Waals surface area contributed by atoms with Crippen LogP contribution in [0.4, 0.5) is 19.3 Å². The van der Waals surface area contributed by atoms with E-state index in [1.807, 2.05) is 61.7 Å². The molecule has 1 heterocycles. The van der Waals surface area contributed by atoms with Crippen LogP contribution in [0.2, 0.25) is 0 Å². The summed E-state index contributed by atoms with van der Waals surface area (Å²) in [7, 11) is 0. The van der Waals surface area contributed by atoms with Crippen molar-refractivity contribution >= 4 is 28.5 Å². The van der Waals surface area contributed by atoms with E-state index in [0.717, 1.165) is 39.7 Å². The van der Waals surface area contributed by atoms with Crippen LogP contribution in [-0.4, -0.2) is 45.9 Å². The Kier molecular flexibility index (Phi) is 8.41. The molecular formula is C30H32F2N4O2. The van der Waals surface area contributed by atoms with Gasteiger partial charge in [0.25, 0.3) is 0 Å². The molecule has 8 heteroatoms. The maximum atomic E-state index is 14.1. The average molecular weight is 519 g/mol. The van der Waals surface area contributed by atoms with Crippen molar-refractivity contribution in [1.29, 1.82) is 0 Å². The Morgan fingerprint density at radius 3 is 2.45 bits per heavy atom. The van der Waals surface area contributed by atoms with E-state index in [9.17, 15) is 18.4 Å². The van der Waals surface area contributed by atoms with Gasteiger partial charge in [-0.25, -0.2) is 13.6 Å². The van der Waals surface area contributed by atoms with Crippen molar-refractivity contribution in [2.45, 2.75) is 39.8 Å². The quantitative estimate of drug-likeness (QED) is 0.274. The van der Waals surface area contributed by atoms with Gasteiger partial charge in [-0.1, -0.05) is 48.0 Å². The van der Waals surface area contributed by atoms with Crippen LogP contribution in [0.5, 0.6) is 0 Å². The van der Waals surface area contributed by atoms with Crippen LogP contribution in [0.3, 0.4) is 0 Å². The largest absolute Gasteiger partial charge is 0.361 e. The summed E-state index contributed by atoms with van der Waals surface area (Å²) in [6, 6.07) is 18.0. The topological polar surface area (TPSA) is 68.4 Å². The number of hydrogen-bond donors (Lipinski definition) is 2. The van der Waals surface area contributed by atoms with Gasteiger partial charge in [0.1, 0.15) is 18.2 Å². The fraction of sp³-hybridized carbons (Fsp3) is 0.267. The Hall–Kier alpha value is -4.20. The number of fused-ring (bicyclic) bond motifs is 1. The molecule has 0 unspecified atom stereocenters. The highest BCUT2D eigenvalue weighted by Gasteiger charge is 2.25. The lowest BCUT2D eigenvalue weighted by Gasteiger charge is -2.30. The third kappa shape index (κ3) is 6.56. The molecule has 1 aromatic heterocycles. The monoisotopic (exact) mass is 518 g/mol. The lowest BCUT2D eigenvalue weighted by Crippen LogP contribution is -2.47. The van der Waals surface area contributed by atoms with Gasteiger partial charge in [0.05, 0.1) is 5.69 Å². The Balaban J connectivity index is 1.51. The number of aromatic amines is 1. The van der Waals surface area contributed by atoms with E-state index in [1.54, 1.807) is 18.7 Å². The first-order valence-electron chi connectivity index (χ1n) is 12.6. The highest BCUT2D eigenvalue weighted by molar-refractivity contribution is 5.92. The lowest BCUT2D eigenvalue weighted by atomic mass is 10.1. The summed E-state index contributed by atoms with van der Waals surface area (Å²) < 4.78 is 27.4. The van der Waals surface area contributed by atoms with Crippen LogP contribution in [-0.2, 0) is 17.8 Å². The molecule has 3 amide bonds. The maximum Gasteiger partial charge on any atom is 0.322 e. The van der Waals surface area contributed by atoms with Crippen molar-refractivity contribution in [3.63, 3.8) is 0 Å². The molecule has 3 aromatic carbocycles. The SMILES string of the molecule is Cc1ccc(CN(CCc2c[nH]c3ccccc23)C(=O)CN(C(=O)Nc2ccc(F)cc2F)C(C)C)cc1. The molecule has 6 nitrogen and oxygen atoms in total. The number of hydrogen-bond acceptors (Lipinski definition) is 2. The molecule has 0 aliphatic carbocycles. The van der Waals surface area contributed by atoms with Gasteiger partial charge in [-0.2, -0.15) is 0 Å². The number of H-pyrrole nitrogens is 1. The fourth-order valence-electron chi connectivity index (χ4n) is 4.31. The molecule has 4 aromatic rings. The summed E-state index contributed by atoms with van der Waals surface area (Å²) in [5.41, 5.74) is 4.10. The number of aromatic nitrogens is 1. The van der Waals surface area contributed by atoms with Gasteiger partial charge in [-0.05, 0) is 56.5 Å².